The van der Waals surface area contributed by atoms with Gasteiger partial charge in [-0.05, 0) is 30.7 Å². The van der Waals surface area contributed by atoms with Gasteiger partial charge < -0.3 is 15.0 Å². The van der Waals surface area contributed by atoms with Crippen LogP contribution in [0.15, 0.2) is 18.2 Å². The van der Waals surface area contributed by atoms with Crippen LogP contribution in [0.2, 0.25) is 0 Å². The van der Waals surface area contributed by atoms with E-state index in [1.807, 2.05) is 0 Å². The largest absolute Gasteiger partial charge is 0.495 e. The molecular weight excluding hydrogens is 224 g/mol. The summed E-state index contributed by atoms with van der Waals surface area (Å²) in [6.45, 7) is 7.28. The number of nitrogens with zero attached hydrogens (tertiary/aromatic N) is 1. The first-order valence-corrected chi connectivity index (χ1v) is 6.81. The van der Waals surface area contributed by atoms with Gasteiger partial charge in [0.05, 0.1) is 12.8 Å². The van der Waals surface area contributed by atoms with Crippen molar-refractivity contribution in [1.29, 1.82) is 0 Å². The Labute approximate surface area is 111 Å². The van der Waals surface area contributed by atoms with Crippen molar-refractivity contribution < 1.29 is 4.74 Å². The Hall–Kier alpha value is -1.22. The molecule has 3 heteroatoms. The minimum absolute atomic E-state index is 0.895. The van der Waals surface area contributed by atoms with Crippen LogP contribution in [0, 0.1) is 0 Å². The van der Waals surface area contributed by atoms with Gasteiger partial charge in [-0.15, -0.1) is 0 Å². The molecule has 0 aliphatic heterocycles. The molecule has 3 nitrogen and oxygen atoms in total. The van der Waals surface area contributed by atoms with Crippen LogP contribution in [-0.4, -0.2) is 27.2 Å². The van der Waals surface area contributed by atoms with E-state index in [-0.39, 0.29) is 0 Å². The number of anilines is 1. The van der Waals surface area contributed by atoms with E-state index in [2.05, 4.69) is 49.3 Å². The molecule has 0 unspecified atom stereocenters. The number of nitrogens with one attached hydrogen (secondary N) is 1. The highest BCUT2D eigenvalue weighted by Crippen LogP contribution is 2.28. The summed E-state index contributed by atoms with van der Waals surface area (Å²) in [6, 6.07) is 6.45. The van der Waals surface area contributed by atoms with Crippen LogP contribution >= 0.6 is 0 Å². The average Bonchev–Trinajstić information content (AvgIpc) is 2.42. The maximum atomic E-state index is 5.50. The molecule has 0 bridgehead atoms. The lowest BCUT2D eigenvalue weighted by atomic mass is 10.1. The number of ether oxygens (including phenoxy) is 1. The number of rotatable bonds is 8. The van der Waals surface area contributed by atoms with Crippen LogP contribution in [0.1, 0.15) is 32.3 Å². The van der Waals surface area contributed by atoms with Gasteiger partial charge in [-0.25, -0.2) is 0 Å². The molecule has 0 radical (unpaired) electrons. The SMILES string of the molecule is CCCCN(C)c1ccc(CNCC)cc1OC. The summed E-state index contributed by atoms with van der Waals surface area (Å²) in [5, 5.41) is 3.33. The Balaban J connectivity index is 2.78. The third-order valence-electron chi connectivity index (χ3n) is 3.08. The topological polar surface area (TPSA) is 24.5 Å². The molecule has 1 aromatic rings. The van der Waals surface area contributed by atoms with Crippen molar-refractivity contribution in [3.05, 3.63) is 23.8 Å². The molecule has 0 saturated carbocycles. The highest BCUT2D eigenvalue weighted by atomic mass is 16.5. The summed E-state index contributed by atoms with van der Waals surface area (Å²) in [7, 11) is 3.86. The molecule has 0 fully saturated rings. The van der Waals surface area contributed by atoms with E-state index in [0.29, 0.717) is 0 Å². The fourth-order valence-corrected chi connectivity index (χ4v) is 1.93. The molecule has 1 rings (SSSR count). The molecular formula is C15H26N2O. The first-order valence-electron chi connectivity index (χ1n) is 6.81. The van der Waals surface area contributed by atoms with Gasteiger partial charge >= 0.3 is 0 Å². The Kier molecular flexibility index (Phi) is 6.58. The van der Waals surface area contributed by atoms with E-state index in [1.54, 1.807) is 7.11 Å². The lowest BCUT2D eigenvalue weighted by Gasteiger charge is -2.22. The molecule has 0 aliphatic rings. The molecule has 0 spiro atoms. The lowest BCUT2D eigenvalue weighted by molar-refractivity contribution is 0.414. The number of methoxy groups -OCH3 is 1. The molecule has 0 saturated heterocycles. The van der Waals surface area contributed by atoms with Crippen molar-refractivity contribution in [2.75, 3.05) is 32.1 Å². The van der Waals surface area contributed by atoms with Gasteiger partial charge in [0.2, 0.25) is 0 Å². The molecule has 1 aromatic carbocycles. The second kappa shape index (κ2) is 7.98. The normalized spacial score (nSPS) is 10.4. The summed E-state index contributed by atoms with van der Waals surface area (Å²) in [4.78, 5) is 2.26. The molecule has 1 N–H and O–H groups in total. The van der Waals surface area contributed by atoms with Crippen molar-refractivity contribution in [1.82, 2.24) is 5.32 Å². The molecule has 0 heterocycles. The standard InChI is InChI=1S/C15H26N2O/c1-5-7-10-17(3)14-9-8-13(12-16-6-2)11-15(14)18-4/h8-9,11,16H,5-7,10,12H2,1-4H3. The van der Waals surface area contributed by atoms with Crippen molar-refractivity contribution >= 4 is 5.69 Å². The Morgan fingerprint density at radius 3 is 2.67 bits per heavy atom. The first kappa shape index (κ1) is 14.8. The van der Waals surface area contributed by atoms with Crippen LogP contribution in [-0.2, 0) is 6.54 Å². The quantitative estimate of drug-likeness (QED) is 0.767. The molecule has 0 atom stereocenters. The summed E-state index contributed by atoms with van der Waals surface area (Å²) < 4.78 is 5.50. The number of hydrogen-bond donors (Lipinski definition) is 1. The first-order chi connectivity index (χ1) is 8.72. The average molecular weight is 250 g/mol. The van der Waals surface area contributed by atoms with Gasteiger partial charge in [-0.3, -0.25) is 0 Å². The third kappa shape index (κ3) is 4.22. The maximum absolute atomic E-state index is 5.50. The number of hydrogen-bond acceptors (Lipinski definition) is 3. The van der Waals surface area contributed by atoms with Crippen LogP contribution in [0.5, 0.6) is 5.75 Å². The third-order valence-corrected chi connectivity index (χ3v) is 3.08. The van der Waals surface area contributed by atoms with E-state index < -0.39 is 0 Å². The van der Waals surface area contributed by atoms with Gasteiger partial charge in [-0.1, -0.05) is 26.3 Å². The summed E-state index contributed by atoms with van der Waals surface area (Å²) in [5.41, 5.74) is 2.44. The lowest BCUT2D eigenvalue weighted by Crippen LogP contribution is -2.19. The van der Waals surface area contributed by atoms with Crippen LogP contribution in [0.4, 0.5) is 5.69 Å². The predicted octanol–water partition coefficient (Wildman–Crippen LogP) is 3.04. The summed E-state index contributed by atoms with van der Waals surface area (Å²) in [6.07, 6.45) is 2.42. The Morgan fingerprint density at radius 1 is 1.28 bits per heavy atom. The van der Waals surface area contributed by atoms with E-state index in [4.69, 9.17) is 4.74 Å². The van der Waals surface area contributed by atoms with Gasteiger partial charge in [0.15, 0.2) is 0 Å². The minimum Gasteiger partial charge on any atom is -0.495 e. The summed E-state index contributed by atoms with van der Waals surface area (Å²) >= 11 is 0. The predicted molar refractivity (Wildman–Crippen MR) is 78.6 cm³/mol. The Morgan fingerprint density at radius 2 is 2.06 bits per heavy atom. The van der Waals surface area contributed by atoms with Crippen LogP contribution < -0.4 is 15.0 Å². The van der Waals surface area contributed by atoms with Gasteiger partial charge in [0.25, 0.3) is 0 Å². The van der Waals surface area contributed by atoms with Crippen molar-refractivity contribution in [3.63, 3.8) is 0 Å². The van der Waals surface area contributed by atoms with Crippen LogP contribution in [0.25, 0.3) is 0 Å². The van der Waals surface area contributed by atoms with Gasteiger partial charge in [0.1, 0.15) is 5.75 Å². The monoisotopic (exact) mass is 250 g/mol. The zero-order valence-electron chi connectivity index (χ0n) is 12.1. The molecule has 0 aliphatic carbocycles. The molecule has 102 valence electrons. The van der Waals surface area contributed by atoms with E-state index in [9.17, 15) is 0 Å². The zero-order valence-corrected chi connectivity index (χ0v) is 12.1. The Bertz CT molecular complexity index is 352. The van der Waals surface area contributed by atoms with E-state index >= 15 is 0 Å². The smallest absolute Gasteiger partial charge is 0.142 e. The highest BCUT2D eigenvalue weighted by molar-refractivity contribution is 5.59. The second-order valence-corrected chi connectivity index (χ2v) is 4.56. The molecule has 0 amide bonds. The van der Waals surface area contributed by atoms with E-state index in [0.717, 1.165) is 25.4 Å². The minimum atomic E-state index is 0.895. The number of benzene rings is 1. The van der Waals surface area contributed by atoms with Gasteiger partial charge in [0, 0.05) is 20.1 Å². The van der Waals surface area contributed by atoms with Crippen molar-refractivity contribution in [3.8, 4) is 5.75 Å². The zero-order chi connectivity index (χ0) is 13.4. The highest BCUT2D eigenvalue weighted by Gasteiger charge is 2.08. The van der Waals surface area contributed by atoms with Crippen molar-refractivity contribution in [2.24, 2.45) is 0 Å². The fraction of sp³-hybridized carbons (Fsp3) is 0.600. The summed E-state index contributed by atoms with van der Waals surface area (Å²) in [5.74, 6) is 0.962. The van der Waals surface area contributed by atoms with Crippen LogP contribution in [0.3, 0.4) is 0 Å². The second-order valence-electron chi connectivity index (χ2n) is 4.56. The molecule has 18 heavy (non-hydrogen) atoms. The molecule has 0 aromatic heterocycles. The fourth-order valence-electron chi connectivity index (χ4n) is 1.93. The van der Waals surface area contributed by atoms with Gasteiger partial charge in [-0.2, -0.15) is 0 Å². The maximum Gasteiger partial charge on any atom is 0.142 e. The van der Waals surface area contributed by atoms with Crippen molar-refractivity contribution in [2.45, 2.75) is 33.2 Å². The number of unbranched alkanes of at least 4 members (excludes halogenated alkanes) is 1. The van der Waals surface area contributed by atoms with E-state index in [1.165, 1.54) is 24.1 Å².